The third kappa shape index (κ3) is 5.10. The van der Waals surface area contributed by atoms with Crippen LogP contribution in [0.25, 0.3) is 10.8 Å². The van der Waals surface area contributed by atoms with E-state index in [-0.39, 0.29) is 24.1 Å². The Balaban J connectivity index is 1.86. The van der Waals surface area contributed by atoms with E-state index in [9.17, 15) is 14.4 Å². The van der Waals surface area contributed by atoms with Gasteiger partial charge in [0, 0.05) is 26.1 Å². The summed E-state index contributed by atoms with van der Waals surface area (Å²) in [6, 6.07) is 10.6. The molecule has 29 heavy (non-hydrogen) atoms. The van der Waals surface area contributed by atoms with E-state index in [1.54, 1.807) is 19.2 Å². The normalized spacial score (nSPS) is 14.0. The Morgan fingerprint density at radius 2 is 1.90 bits per heavy atom. The van der Waals surface area contributed by atoms with E-state index in [4.69, 9.17) is 4.74 Å². The van der Waals surface area contributed by atoms with Crippen LogP contribution in [0.3, 0.4) is 0 Å². The van der Waals surface area contributed by atoms with Crippen LogP contribution < -0.4 is 15.4 Å². The van der Waals surface area contributed by atoms with Gasteiger partial charge in [-0.3, -0.25) is 9.59 Å². The predicted molar refractivity (Wildman–Crippen MR) is 110 cm³/mol. The minimum absolute atomic E-state index is 0.00884. The van der Waals surface area contributed by atoms with Crippen LogP contribution in [0, 0.1) is 0 Å². The maximum Gasteiger partial charge on any atom is 0.344 e. The van der Waals surface area contributed by atoms with Crippen molar-refractivity contribution in [1.82, 2.24) is 15.5 Å². The van der Waals surface area contributed by atoms with E-state index in [0.29, 0.717) is 24.6 Å². The van der Waals surface area contributed by atoms with Crippen molar-refractivity contribution in [1.29, 1.82) is 0 Å². The number of aliphatic imine (C=N–C) groups is 1. The number of amidine groups is 1. The lowest BCUT2D eigenvalue weighted by molar-refractivity contribution is -0.123. The summed E-state index contributed by atoms with van der Waals surface area (Å²) in [5, 5.41) is 7.19. The number of nitrogens with one attached hydrogen (secondary N) is 2. The first-order valence-electron chi connectivity index (χ1n) is 9.42. The number of carbonyl (C=O) groups excluding carboxylic acids is 3. The molecule has 2 aromatic rings. The molecule has 2 N–H and O–H groups in total. The van der Waals surface area contributed by atoms with Gasteiger partial charge in [-0.15, -0.1) is 0 Å². The zero-order chi connectivity index (χ0) is 21.0. The van der Waals surface area contributed by atoms with Crippen molar-refractivity contribution < 1.29 is 19.1 Å². The highest BCUT2D eigenvalue weighted by Crippen LogP contribution is 2.26. The highest BCUT2D eigenvalue weighted by molar-refractivity contribution is 6.12. The Bertz CT molecular complexity index is 984. The average molecular weight is 396 g/mol. The highest BCUT2D eigenvalue weighted by atomic mass is 16.5. The fraction of sp³-hybridized carbons (Fsp3) is 0.333. The van der Waals surface area contributed by atoms with Gasteiger partial charge < -0.3 is 20.3 Å². The number of nitrogens with zero attached hydrogens (tertiary/aromatic N) is 2. The van der Waals surface area contributed by atoms with Gasteiger partial charge >= 0.3 is 6.03 Å². The zero-order valence-corrected chi connectivity index (χ0v) is 16.7. The SMILES string of the molecule is CC(C)NC(=O)COc1cc2ccccc2cc1C(=O)NC1=NC(=O)N(C)CC1. The van der Waals surface area contributed by atoms with Gasteiger partial charge in [0.1, 0.15) is 11.6 Å². The molecule has 0 saturated carbocycles. The summed E-state index contributed by atoms with van der Waals surface area (Å²) in [5.74, 6) is -0.106. The number of ether oxygens (including phenoxy) is 1. The Morgan fingerprint density at radius 1 is 1.21 bits per heavy atom. The third-order valence-electron chi connectivity index (χ3n) is 4.40. The van der Waals surface area contributed by atoms with Crippen molar-refractivity contribution in [2.24, 2.45) is 4.99 Å². The van der Waals surface area contributed by atoms with Crippen molar-refractivity contribution >= 4 is 34.5 Å². The van der Waals surface area contributed by atoms with E-state index < -0.39 is 11.9 Å². The molecule has 4 amide bonds. The van der Waals surface area contributed by atoms with Gasteiger partial charge in [-0.05, 0) is 36.8 Å². The fourth-order valence-electron chi connectivity index (χ4n) is 2.94. The lowest BCUT2D eigenvalue weighted by Crippen LogP contribution is -2.40. The lowest BCUT2D eigenvalue weighted by Gasteiger charge is -2.21. The van der Waals surface area contributed by atoms with Crippen LogP contribution in [-0.2, 0) is 4.79 Å². The molecule has 0 unspecified atom stereocenters. The van der Waals surface area contributed by atoms with E-state index in [1.807, 2.05) is 38.1 Å². The molecular weight excluding hydrogens is 372 g/mol. The van der Waals surface area contributed by atoms with E-state index in [1.165, 1.54) is 4.90 Å². The van der Waals surface area contributed by atoms with E-state index >= 15 is 0 Å². The largest absolute Gasteiger partial charge is 0.483 e. The lowest BCUT2D eigenvalue weighted by atomic mass is 10.1. The van der Waals surface area contributed by atoms with Crippen LogP contribution in [0.15, 0.2) is 41.4 Å². The van der Waals surface area contributed by atoms with E-state index in [2.05, 4.69) is 15.6 Å². The van der Waals surface area contributed by atoms with Crippen molar-refractivity contribution in [2.45, 2.75) is 26.3 Å². The molecule has 0 atom stereocenters. The first-order valence-corrected chi connectivity index (χ1v) is 9.42. The van der Waals surface area contributed by atoms with Crippen molar-refractivity contribution in [3.05, 3.63) is 42.0 Å². The molecule has 0 saturated heterocycles. The Labute approximate surface area is 168 Å². The van der Waals surface area contributed by atoms with E-state index in [0.717, 1.165) is 10.8 Å². The minimum atomic E-state index is -0.439. The highest BCUT2D eigenvalue weighted by Gasteiger charge is 2.21. The number of benzene rings is 2. The molecule has 0 aromatic heterocycles. The molecule has 0 radical (unpaired) electrons. The van der Waals surface area contributed by atoms with Crippen LogP contribution in [-0.4, -0.2) is 54.8 Å². The fourth-order valence-corrected chi connectivity index (χ4v) is 2.94. The van der Waals surface area contributed by atoms with Gasteiger partial charge in [0.25, 0.3) is 11.8 Å². The molecule has 1 aliphatic rings. The number of carbonyl (C=O) groups is 3. The second kappa shape index (κ2) is 8.72. The van der Waals surface area contributed by atoms with Gasteiger partial charge in [0.2, 0.25) is 0 Å². The maximum atomic E-state index is 12.9. The molecule has 0 bridgehead atoms. The standard InChI is InChI=1S/C21H24N4O4/c1-13(2)22-19(26)12-29-17-11-15-7-5-4-6-14(15)10-16(17)20(27)23-18-8-9-25(3)21(28)24-18/h4-7,10-11,13H,8-9,12H2,1-3H3,(H,22,26)(H,23,24,27,28). The van der Waals surface area contributed by atoms with Gasteiger partial charge in [-0.1, -0.05) is 24.3 Å². The van der Waals surface area contributed by atoms with Crippen LogP contribution in [0.5, 0.6) is 5.75 Å². The molecule has 0 spiro atoms. The van der Waals surface area contributed by atoms with Crippen LogP contribution in [0.4, 0.5) is 4.79 Å². The van der Waals surface area contributed by atoms with Gasteiger partial charge in [0.15, 0.2) is 6.61 Å². The summed E-state index contributed by atoms with van der Waals surface area (Å²) in [5.41, 5.74) is 0.273. The van der Waals surface area contributed by atoms with Crippen LogP contribution in [0.1, 0.15) is 30.6 Å². The summed E-state index contributed by atoms with van der Waals surface area (Å²) >= 11 is 0. The van der Waals surface area contributed by atoms with Gasteiger partial charge in [0.05, 0.1) is 5.56 Å². The summed E-state index contributed by atoms with van der Waals surface area (Å²) in [4.78, 5) is 42.0. The van der Waals surface area contributed by atoms with Gasteiger partial charge in [-0.25, -0.2) is 4.79 Å². The molecule has 2 aromatic carbocycles. The minimum Gasteiger partial charge on any atom is -0.483 e. The average Bonchev–Trinajstić information content (AvgIpc) is 2.68. The molecule has 0 fully saturated rings. The number of hydrogen-bond donors (Lipinski definition) is 2. The first-order chi connectivity index (χ1) is 13.8. The molecule has 3 rings (SSSR count). The summed E-state index contributed by atoms with van der Waals surface area (Å²) in [7, 11) is 1.65. The van der Waals surface area contributed by atoms with Crippen LogP contribution >= 0.6 is 0 Å². The summed E-state index contributed by atoms with van der Waals surface area (Å²) < 4.78 is 5.67. The maximum absolute atomic E-state index is 12.9. The molecule has 1 heterocycles. The molecule has 8 nitrogen and oxygen atoms in total. The second-order valence-corrected chi connectivity index (χ2v) is 7.17. The summed E-state index contributed by atoms with van der Waals surface area (Å²) in [6.07, 6.45) is 0.453. The summed E-state index contributed by atoms with van der Waals surface area (Å²) in [6.45, 7) is 3.99. The first kappa shape index (κ1) is 20.3. The molecular formula is C21H24N4O4. The topological polar surface area (TPSA) is 100 Å². The Hall–Kier alpha value is -3.42. The number of fused-ring (bicyclic) bond motifs is 1. The zero-order valence-electron chi connectivity index (χ0n) is 16.7. The van der Waals surface area contributed by atoms with Crippen molar-refractivity contribution in [3.63, 3.8) is 0 Å². The Morgan fingerprint density at radius 3 is 2.55 bits per heavy atom. The number of rotatable bonds is 5. The monoisotopic (exact) mass is 396 g/mol. The third-order valence-corrected chi connectivity index (χ3v) is 4.40. The predicted octanol–water partition coefficient (Wildman–Crippen LogP) is 2.33. The number of amides is 4. The van der Waals surface area contributed by atoms with Gasteiger partial charge in [-0.2, -0.15) is 4.99 Å². The quantitative estimate of drug-likeness (QED) is 0.810. The smallest absolute Gasteiger partial charge is 0.344 e. The molecule has 152 valence electrons. The molecule has 0 aliphatic carbocycles. The van der Waals surface area contributed by atoms with Crippen molar-refractivity contribution in [3.8, 4) is 5.75 Å². The van der Waals surface area contributed by atoms with Crippen LogP contribution in [0.2, 0.25) is 0 Å². The number of urea groups is 1. The second-order valence-electron chi connectivity index (χ2n) is 7.17. The van der Waals surface area contributed by atoms with Crippen molar-refractivity contribution in [2.75, 3.05) is 20.2 Å². The number of hydrogen-bond acceptors (Lipinski definition) is 4. The Kier molecular flexibility index (Phi) is 6.11. The molecule has 1 aliphatic heterocycles. The molecule has 8 heteroatoms.